The second kappa shape index (κ2) is 8.93. The highest BCUT2D eigenvalue weighted by Crippen LogP contribution is 2.32. The van der Waals surface area contributed by atoms with Crippen LogP contribution in [0.15, 0.2) is 36.4 Å². The van der Waals surface area contributed by atoms with Gasteiger partial charge in [-0.3, -0.25) is 4.79 Å². The first-order valence-corrected chi connectivity index (χ1v) is 11.7. The van der Waals surface area contributed by atoms with Gasteiger partial charge in [-0.05, 0) is 51.0 Å². The van der Waals surface area contributed by atoms with Gasteiger partial charge in [-0.25, -0.2) is 9.97 Å². The summed E-state index contributed by atoms with van der Waals surface area (Å²) in [5.41, 5.74) is 3.52. The molecule has 1 aliphatic heterocycles. The minimum absolute atomic E-state index is 0.00400. The van der Waals surface area contributed by atoms with Crippen molar-refractivity contribution in [2.75, 3.05) is 39.1 Å². The minimum Gasteiger partial charge on any atom is -0.348 e. The molecule has 3 heterocycles. The minimum atomic E-state index is 0.00400. The molecule has 164 valence electrons. The highest BCUT2D eigenvalue weighted by molar-refractivity contribution is 7.21. The molecule has 1 aromatic carbocycles. The van der Waals surface area contributed by atoms with E-state index in [0.717, 1.165) is 39.8 Å². The average Bonchev–Trinajstić information content (AvgIpc) is 3.21. The van der Waals surface area contributed by atoms with Crippen LogP contribution in [0.4, 0.5) is 5.13 Å². The number of carbonyl (C=O) groups excluding carboxylic acids is 1. The van der Waals surface area contributed by atoms with Crippen LogP contribution in [0.3, 0.4) is 0 Å². The van der Waals surface area contributed by atoms with Gasteiger partial charge < -0.3 is 14.7 Å². The van der Waals surface area contributed by atoms with E-state index >= 15 is 0 Å². The standard InChI is InChI=1S/C24H31N5OS/c1-16(2)29-14-12-19(13-15-29)28(5)24-26-21-11-10-20(25-22(21)31-24)17-6-8-18(9-7-17)23(30)27(3)4/h6-11,16,19H,12-15H2,1-5H3. The second-order valence-corrected chi connectivity index (χ2v) is 9.72. The summed E-state index contributed by atoms with van der Waals surface area (Å²) in [6, 6.07) is 12.8. The Morgan fingerprint density at radius 2 is 1.71 bits per heavy atom. The Morgan fingerprint density at radius 3 is 2.32 bits per heavy atom. The quantitative estimate of drug-likeness (QED) is 0.593. The number of pyridine rings is 1. The molecule has 4 rings (SSSR count). The van der Waals surface area contributed by atoms with Crippen molar-refractivity contribution in [1.29, 1.82) is 0 Å². The van der Waals surface area contributed by atoms with Crippen LogP contribution in [0.1, 0.15) is 37.0 Å². The van der Waals surface area contributed by atoms with Crippen LogP contribution < -0.4 is 4.90 Å². The molecule has 1 fully saturated rings. The largest absolute Gasteiger partial charge is 0.348 e. The predicted molar refractivity (Wildman–Crippen MR) is 129 cm³/mol. The summed E-state index contributed by atoms with van der Waals surface area (Å²) >= 11 is 1.66. The normalized spacial score (nSPS) is 15.5. The highest BCUT2D eigenvalue weighted by Gasteiger charge is 2.25. The Balaban J connectivity index is 1.51. The van der Waals surface area contributed by atoms with Crippen LogP contribution in [0.2, 0.25) is 0 Å². The number of nitrogens with zero attached hydrogens (tertiary/aromatic N) is 5. The van der Waals surface area contributed by atoms with Crippen LogP contribution in [-0.2, 0) is 0 Å². The van der Waals surface area contributed by atoms with Crippen LogP contribution in [0.25, 0.3) is 21.6 Å². The number of likely N-dealkylation sites (tertiary alicyclic amines) is 1. The van der Waals surface area contributed by atoms with Crippen molar-refractivity contribution in [3.05, 3.63) is 42.0 Å². The molecule has 0 spiro atoms. The van der Waals surface area contributed by atoms with E-state index in [1.807, 2.05) is 36.4 Å². The lowest BCUT2D eigenvalue weighted by Gasteiger charge is -2.38. The number of piperidine rings is 1. The molecule has 3 aromatic rings. The monoisotopic (exact) mass is 437 g/mol. The van der Waals surface area contributed by atoms with E-state index in [2.05, 4.69) is 30.7 Å². The molecule has 2 aromatic heterocycles. The van der Waals surface area contributed by atoms with Crippen LogP contribution in [0, 0.1) is 0 Å². The molecule has 7 heteroatoms. The van der Waals surface area contributed by atoms with Crippen molar-refractivity contribution < 1.29 is 4.79 Å². The van der Waals surface area contributed by atoms with Gasteiger partial charge in [-0.2, -0.15) is 0 Å². The van der Waals surface area contributed by atoms with E-state index in [1.54, 1.807) is 30.3 Å². The van der Waals surface area contributed by atoms with Gasteiger partial charge in [0.25, 0.3) is 5.91 Å². The van der Waals surface area contributed by atoms with Crippen LogP contribution in [0.5, 0.6) is 0 Å². The molecule has 0 atom stereocenters. The SMILES string of the molecule is CC(C)N1CCC(N(C)c2nc3ccc(-c4ccc(C(=O)N(C)C)cc4)nc3s2)CC1. The van der Waals surface area contributed by atoms with E-state index in [1.165, 1.54) is 12.8 Å². The number of hydrogen-bond donors (Lipinski definition) is 0. The molecule has 0 radical (unpaired) electrons. The first kappa shape index (κ1) is 21.7. The third kappa shape index (κ3) is 4.57. The van der Waals surface area contributed by atoms with Gasteiger partial charge in [0.1, 0.15) is 10.3 Å². The van der Waals surface area contributed by atoms with E-state index in [0.29, 0.717) is 17.6 Å². The van der Waals surface area contributed by atoms with E-state index in [4.69, 9.17) is 9.97 Å². The molecule has 0 saturated carbocycles. The Morgan fingerprint density at radius 1 is 1.03 bits per heavy atom. The van der Waals surface area contributed by atoms with Gasteiger partial charge in [0.15, 0.2) is 5.13 Å². The van der Waals surface area contributed by atoms with Crippen molar-refractivity contribution in [2.45, 2.75) is 38.8 Å². The molecule has 1 aliphatic rings. The van der Waals surface area contributed by atoms with Gasteiger partial charge in [-0.1, -0.05) is 23.5 Å². The summed E-state index contributed by atoms with van der Waals surface area (Å²) in [5, 5.41) is 1.04. The smallest absolute Gasteiger partial charge is 0.253 e. The fourth-order valence-corrected chi connectivity index (χ4v) is 5.08. The fourth-order valence-electron chi connectivity index (χ4n) is 4.10. The van der Waals surface area contributed by atoms with Crippen molar-refractivity contribution >= 4 is 32.7 Å². The van der Waals surface area contributed by atoms with Gasteiger partial charge in [-0.15, -0.1) is 0 Å². The van der Waals surface area contributed by atoms with Crippen molar-refractivity contribution in [3.63, 3.8) is 0 Å². The molecule has 1 saturated heterocycles. The molecule has 6 nitrogen and oxygen atoms in total. The maximum atomic E-state index is 12.1. The summed E-state index contributed by atoms with van der Waals surface area (Å²) in [7, 11) is 5.68. The summed E-state index contributed by atoms with van der Waals surface area (Å²) in [4.78, 5) is 29.3. The lowest BCUT2D eigenvalue weighted by Crippen LogP contribution is -2.45. The number of aromatic nitrogens is 2. The zero-order valence-electron chi connectivity index (χ0n) is 19.0. The number of carbonyl (C=O) groups is 1. The molecule has 1 amide bonds. The number of amides is 1. The van der Waals surface area contributed by atoms with Gasteiger partial charge in [0.2, 0.25) is 0 Å². The summed E-state index contributed by atoms with van der Waals surface area (Å²) in [5.74, 6) is 0.00400. The molecule has 0 aliphatic carbocycles. The van der Waals surface area contributed by atoms with Crippen molar-refractivity contribution in [2.24, 2.45) is 0 Å². The molecule has 0 unspecified atom stereocenters. The van der Waals surface area contributed by atoms with Crippen molar-refractivity contribution in [1.82, 2.24) is 19.8 Å². The van der Waals surface area contributed by atoms with Crippen molar-refractivity contribution in [3.8, 4) is 11.3 Å². The zero-order chi connectivity index (χ0) is 22.1. The number of hydrogen-bond acceptors (Lipinski definition) is 6. The highest BCUT2D eigenvalue weighted by atomic mass is 32.1. The lowest BCUT2D eigenvalue weighted by molar-refractivity contribution is 0.0827. The van der Waals surface area contributed by atoms with Gasteiger partial charge in [0, 0.05) is 57.4 Å². The van der Waals surface area contributed by atoms with E-state index in [9.17, 15) is 4.79 Å². The summed E-state index contributed by atoms with van der Waals surface area (Å²) in [6.45, 7) is 6.83. The third-order valence-corrected chi connectivity index (χ3v) is 7.21. The number of rotatable bonds is 5. The first-order chi connectivity index (χ1) is 14.8. The predicted octanol–water partition coefficient (Wildman–Crippen LogP) is 4.37. The number of anilines is 1. The zero-order valence-corrected chi connectivity index (χ0v) is 19.8. The molecular weight excluding hydrogens is 406 g/mol. The Bertz CT molecular complexity index is 1050. The molecule has 0 N–H and O–H groups in total. The Hall–Kier alpha value is -2.51. The van der Waals surface area contributed by atoms with Crippen LogP contribution >= 0.6 is 11.3 Å². The second-order valence-electron chi connectivity index (χ2n) is 8.77. The van der Waals surface area contributed by atoms with E-state index < -0.39 is 0 Å². The average molecular weight is 438 g/mol. The molecular formula is C24H31N5OS. The molecule has 31 heavy (non-hydrogen) atoms. The molecule has 0 bridgehead atoms. The number of fused-ring (bicyclic) bond motifs is 1. The third-order valence-electron chi connectivity index (χ3n) is 6.16. The Labute approximate surface area is 188 Å². The first-order valence-electron chi connectivity index (χ1n) is 10.9. The van der Waals surface area contributed by atoms with Gasteiger partial charge >= 0.3 is 0 Å². The Kier molecular flexibility index (Phi) is 6.25. The topological polar surface area (TPSA) is 52.6 Å². The summed E-state index contributed by atoms with van der Waals surface area (Å²) < 4.78 is 0. The maximum Gasteiger partial charge on any atom is 0.253 e. The number of benzene rings is 1. The number of thiazole rings is 1. The fraction of sp³-hybridized carbons (Fsp3) is 0.458. The summed E-state index contributed by atoms with van der Waals surface area (Å²) in [6.07, 6.45) is 2.34. The lowest BCUT2D eigenvalue weighted by atomic mass is 10.0. The van der Waals surface area contributed by atoms with Crippen LogP contribution in [-0.4, -0.2) is 72.0 Å². The van der Waals surface area contributed by atoms with E-state index in [-0.39, 0.29) is 5.91 Å². The van der Waals surface area contributed by atoms with Gasteiger partial charge in [0.05, 0.1) is 5.69 Å². The maximum absolute atomic E-state index is 12.1.